The van der Waals surface area contributed by atoms with Crippen molar-refractivity contribution in [1.29, 1.82) is 0 Å². The Morgan fingerprint density at radius 2 is 1.88 bits per heavy atom. The number of rotatable bonds is 11. The molecule has 0 bridgehead atoms. The predicted molar refractivity (Wildman–Crippen MR) is 126 cm³/mol. The predicted octanol–water partition coefficient (Wildman–Crippen LogP) is 3.06. The lowest BCUT2D eigenvalue weighted by atomic mass is 9.87. The van der Waals surface area contributed by atoms with Crippen LogP contribution >= 0.6 is 11.8 Å². The number of hydrogen-bond donors (Lipinski definition) is 0. The zero-order valence-electron chi connectivity index (χ0n) is 19.6. The van der Waals surface area contributed by atoms with Gasteiger partial charge in [-0.3, -0.25) is 9.36 Å². The lowest BCUT2D eigenvalue weighted by Crippen LogP contribution is -2.23. The molecule has 1 saturated carbocycles. The van der Waals surface area contributed by atoms with E-state index in [1.165, 1.54) is 36.6 Å². The maximum atomic E-state index is 12.7. The fourth-order valence-electron chi connectivity index (χ4n) is 3.85. The summed E-state index contributed by atoms with van der Waals surface area (Å²) in [6.07, 6.45) is 4.78. The van der Waals surface area contributed by atoms with E-state index in [0.717, 1.165) is 25.7 Å². The first-order valence-electron chi connectivity index (χ1n) is 10.9. The van der Waals surface area contributed by atoms with E-state index in [0.29, 0.717) is 28.8 Å². The molecule has 0 amide bonds. The van der Waals surface area contributed by atoms with Crippen LogP contribution in [0.3, 0.4) is 0 Å². The molecule has 2 aromatic rings. The molecule has 182 valence electrons. The molecular formula is C22H32N4O5S2. The van der Waals surface area contributed by atoms with Crippen molar-refractivity contribution in [1.82, 2.24) is 19.1 Å². The van der Waals surface area contributed by atoms with Gasteiger partial charge >= 0.3 is 0 Å². The van der Waals surface area contributed by atoms with Crippen molar-refractivity contribution < 1.29 is 22.7 Å². The molecule has 1 aromatic carbocycles. The van der Waals surface area contributed by atoms with E-state index in [2.05, 4.69) is 10.2 Å². The summed E-state index contributed by atoms with van der Waals surface area (Å²) in [5.41, 5.74) is 0.599. The van der Waals surface area contributed by atoms with Crippen molar-refractivity contribution in [2.24, 2.45) is 5.92 Å². The number of nitrogens with zero attached hydrogens (tertiary/aromatic N) is 4. The third kappa shape index (κ3) is 6.21. The molecule has 1 aromatic heterocycles. The van der Waals surface area contributed by atoms with Crippen molar-refractivity contribution in [3.05, 3.63) is 24.3 Å². The fourth-order valence-corrected chi connectivity index (χ4v) is 5.72. The number of methoxy groups -OCH3 is 2. The Hall–Kier alpha value is -1.79. The zero-order valence-corrected chi connectivity index (χ0v) is 21.2. The first-order valence-corrected chi connectivity index (χ1v) is 13.4. The number of Topliss-reactive ketones (excluding diaryl/α,β-unsaturated/α-hetero) is 1. The Bertz CT molecular complexity index is 1040. The van der Waals surface area contributed by atoms with Crippen LogP contribution in [0.1, 0.15) is 32.1 Å². The average Bonchev–Trinajstić information content (AvgIpc) is 3.23. The molecule has 33 heavy (non-hydrogen) atoms. The Labute approximate surface area is 199 Å². The van der Waals surface area contributed by atoms with Crippen molar-refractivity contribution >= 4 is 27.6 Å². The van der Waals surface area contributed by atoms with Gasteiger partial charge in [0.25, 0.3) is 0 Å². The van der Waals surface area contributed by atoms with Gasteiger partial charge in [-0.2, -0.15) is 0 Å². The highest BCUT2D eigenvalue weighted by Crippen LogP contribution is 2.30. The van der Waals surface area contributed by atoms with Crippen LogP contribution in [-0.4, -0.2) is 73.6 Å². The molecule has 9 nitrogen and oxygen atoms in total. The van der Waals surface area contributed by atoms with E-state index in [4.69, 9.17) is 9.47 Å². The van der Waals surface area contributed by atoms with Crippen LogP contribution in [-0.2, 0) is 30.8 Å². The lowest BCUT2D eigenvalue weighted by molar-refractivity contribution is -0.121. The van der Waals surface area contributed by atoms with Crippen molar-refractivity contribution in [2.75, 3.05) is 34.1 Å². The number of aromatic nitrogens is 3. The van der Waals surface area contributed by atoms with Crippen molar-refractivity contribution in [3.63, 3.8) is 0 Å². The molecule has 0 radical (unpaired) electrons. The Kier molecular flexibility index (Phi) is 9.05. The topological polar surface area (TPSA) is 104 Å². The molecule has 0 unspecified atom stereocenters. The summed E-state index contributed by atoms with van der Waals surface area (Å²) in [7, 11) is 2.46. The van der Waals surface area contributed by atoms with Crippen LogP contribution in [0, 0.1) is 5.92 Å². The van der Waals surface area contributed by atoms with Gasteiger partial charge in [0.05, 0.1) is 17.2 Å². The standard InChI is InChI=1S/C22H32N4O5S2/c1-25(2)33(28,29)18-12-8-11-17(13-18)21-23-24-22(26(21)14-20(30-3)31-4)32-15-19(27)16-9-6-5-7-10-16/h8,11-13,16,20H,5-7,9-10,14-15H2,1-4H3. The number of carbonyl (C=O) groups excluding carboxylic acids is 1. The van der Waals surface area contributed by atoms with Crippen molar-refractivity contribution in [3.8, 4) is 11.4 Å². The van der Waals surface area contributed by atoms with Crippen LogP contribution in [0.5, 0.6) is 0 Å². The molecule has 11 heteroatoms. The zero-order chi connectivity index (χ0) is 24.0. The molecule has 1 aliphatic rings. The normalized spacial score (nSPS) is 15.5. The average molecular weight is 497 g/mol. The van der Waals surface area contributed by atoms with Gasteiger partial charge < -0.3 is 9.47 Å². The van der Waals surface area contributed by atoms with E-state index in [9.17, 15) is 13.2 Å². The molecule has 0 aliphatic heterocycles. The third-order valence-corrected chi connectivity index (χ3v) is 8.65. The lowest BCUT2D eigenvalue weighted by Gasteiger charge is -2.20. The second-order valence-corrected chi connectivity index (χ2v) is 11.3. The smallest absolute Gasteiger partial charge is 0.242 e. The molecule has 3 rings (SSSR count). The molecule has 1 aliphatic carbocycles. The molecule has 0 N–H and O–H groups in total. The highest BCUT2D eigenvalue weighted by atomic mass is 32.2. The summed E-state index contributed by atoms with van der Waals surface area (Å²) in [4.78, 5) is 12.9. The van der Waals surface area contributed by atoms with Gasteiger partial charge in [0.15, 0.2) is 17.3 Å². The van der Waals surface area contributed by atoms with Crippen LogP contribution in [0.4, 0.5) is 0 Å². The van der Waals surface area contributed by atoms with E-state index in [1.807, 2.05) is 4.57 Å². The Morgan fingerprint density at radius 1 is 1.18 bits per heavy atom. The summed E-state index contributed by atoms with van der Waals surface area (Å²) in [5, 5.41) is 9.20. The molecular weight excluding hydrogens is 464 g/mol. The van der Waals surface area contributed by atoms with Gasteiger partial charge in [0.2, 0.25) is 10.0 Å². The molecule has 1 heterocycles. The second kappa shape index (κ2) is 11.6. The Balaban J connectivity index is 1.90. The van der Waals surface area contributed by atoms with Gasteiger partial charge in [0, 0.05) is 39.8 Å². The van der Waals surface area contributed by atoms with E-state index in [1.54, 1.807) is 38.5 Å². The molecule has 0 spiro atoms. The summed E-state index contributed by atoms with van der Waals surface area (Å²) >= 11 is 1.34. The minimum absolute atomic E-state index is 0.126. The van der Waals surface area contributed by atoms with Gasteiger partial charge in [0.1, 0.15) is 5.78 Å². The fraction of sp³-hybridized carbons (Fsp3) is 0.591. The second-order valence-electron chi connectivity index (χ2n) is 8.22. The highest BCUT2D eigenvalue weighted by molar-refractivity contribution is 7.99. The number of hydrogen-bond acceptors (Lipinski definition) is 8. The maximum absolute atomic E-state index is 12.7. The third-order valence-electron chi connectivity index (χ3n) is 5.85. The Morgan fingerprint density at radius 3 is 2.52 bits per heavy atom. The quantitative estimate of drug-likeness (QED) is 0.345. The number of carbonyl (C=O) groups is 1. The van der Waals surface area contributed by atoms with E-state index >= 15 is 0 Å². The van der Waals surface area contributed by atoms with Crippen molar-refractivity contribution in [2.45, 2.75) is 55.0 Å². The number of sulfonamides is 1. The minimum Gasteiger partial charge on any atom is -0.354 e. The number of thioether (sulfide) groups is 1. The first-order chi connectivity index (χ1) is 15.8. The molecule has 0 saturated heterocycles. The van der Waals surface area contributed by atoms with E-state index in [-0.39, 0.29) is 16.6 Å². The SMILES string of the molecule is COC(Cn1c(SCC(=O)C2CCCCC2)nnc1-c1cccc(S(=O)(=O)N(C)C)c1)OC. The van der Waals surface area contributed by atoms with Gasteiger partial charge in [-0.05, 0) is 25.0 Å². The number of ketones is 1. The van der Waals surface area contributed by atoms with Gasteiger partial charge in [-0.1, -0.05) is 43.2 Å². The van der Waals surface area contributed by atoms with Crippen LogP contribution in [0.2, 0.25) is 0 Å². The summed E-state index contributed by atoms with van der Waals surface area (Å²) in [6, 6.07) is 6.58. The monoisotopic (exact) mass is 496 g/mol. The van der Waals surface area contributed by atoms with E-state index < -0.39 is 16.3 Å². The summed E-state index contributed by atoms with van der Waals surface area (Å²) < 4.78 is 38.9. The molecule has 0 atom stereocenters. The highest BCUT2D eigenvalue weighted by Gasteiger charge is 2.24. The number of ether oxygens (including phenoxy) is 2. The maximum Gasteiger partial charge on any atom is 0.242 e. The largest absolute Gasteiger partial charge is 0.354 e. The van der Waals surface area contributed by atoms with Gasteiger partial charge in [-0.15, -0.1) is 10.2 Å². The summed E-state index contributed by atoms with van der Waals surface area (Å²) in [6.45, 7) is 0.292. The van der Waals surface area contributed by atoms with Crippen LogP contribution in [0.25, 0.3) is 11.4 Å². The molecule has 1 fully saturated rings. The van der Waals surface area contributed by atoms with Crippen LogP contribution < -0.4 is 0 Å². The first kappa shape index (κ1) is 25.8. The van der Waals surface area contributed by atoms with Gasteiger partial charge in [-0.25, -0.2) is 12.7 Å². The minimum atomic E-state index is -3.60. The number of benzene rings is 1. The van der Waals surface area contributed by atoms with Crippen LogP contribution in [0.15, 0.2) is 34.3 Å². The summed E-state index contributed by atoms with van der Waals surface area (Å²) in [5.74, 6) is 1.17.